The van der Waals surface area contributed by atoms with E-state index in [1.165, 1.54) is 11.3 Å². The summed E-state index contributed by atoms with van der Waals surface area (Å²) in [4.78, 5) is 11.8. The van der Waals surface area contributed by atoms with Crippen LogP contribution in [0.2, 0.25) is 0 Å². The van der Waals surface area contributed by atoms with E-state index in [0.717, 1.165) is 15.6 Å². The van der Waals surface area contributed by atoms with Crippen molar-refractivity contribution in [3.05, 3.63) is 45.1 Å². The standard InChI is InChI=1S/C11H8BrNOS/c12-8-3-1-2-7(6-8)9-4-5-15-10(9)11(13)14/h1-6H,(H2,13,14). The molecule has 2 aromatic rings. The minimum atomic E-state index is -0.375. The van der Waals surface area contributed by atoms with Crippen LogP contribution in [0.1, 0.15) is 9.67 Å². The van der Waals surface area contributed by atoms with Crippen molar-refractivity contribution in [3.8, 4) is 11.1 Å². The average molecular weight is 282 g/mol. The van der Waals surface area contributed by atoms with Crippen LogP contribution in [0, 0.1) is 0 Å². The summed E-state index contributed by atoms with van der Waals surface area (Å²) in [7, 11) is 0. The van der Waals surface area contributed by atoms with Crippen LogP contribution in [0.3, 0.4) is 0 Å². The summed E-state index contributed by atoms with van der Waals surface area (Å²) >= 11 is 4.77. The highest BCUT2D eigenvalue weighted by Crippen LogP contribution is 2.29. The van der Waals surface area contributed by atoms with E-state index in [2.05, 4.69) is 15.9 Å². The number of amides is 1. The normalized spacial score (nSPS) is 10.2. The Labute approximate surface area is 99.9 Å². The van der Waals surface area contributed by atoms with Crippen LogP contribution in [0.15, 0.2) is 40.2 Å². The average Bonchev–Trinajstić information content (AvgIpc) is 2.65. The highest BCUT2D eigenvalue weighted by Gasteiger charge is 2.11. The van der Waals surface area contributed by atoms with Gasteiger partial charge in [0.1, 0.15) is 0 Å². The van der Waals surface area contributed by atoms with Crippen molar-refractivity contribution in [3.63, 3.8) is 0 Å². The summed E-state index contributed by atoms with van der Waals surface area (Å²) in [6.07, 6.45) is 0. The molecule has 1 aromatic heterocycles. The third-order valence-electron chi connectivity index (χ3n) is 2.02. The summed E-state index contributed by atoms with van der Waals surface area (Å²) in [6.45, 7) is 0. The van der Waals surface area contributed by atoms with Crippen molar-refractivity contribution in [1.29, 1.82) is 0 Å². The second kappa shape index (κ2) is 4.16. The van der Waals surface area contributed by atoms with Crippen LogP contribution in [0.5, 0.6) is 0 Å². The van der Waals surface area contributed by atoms with Gasteiger partial charge in [-0.15, -0.1) is 11.3 Å². The Hall–Kier alpha value is -1.13. The van der Waals surface area contributed by atoms with Gasteiger partial charge in [0.2, 0.25) is 0 Å². The molecule has 0 unspecified atom stereocenters. The molecule has 0 saturated carbocycles. The van der Waals surface area contributed by atoms with Crippen LogP contribution in [0.4, 0.5) is 0 Å². The number of carbonyl (C=O) groups excluding carboxylic acids is 1. The number of carbonyl (C=O) groups is 1. The van der Waals surface area contributed by atoms with Gasteiger partial charge < -0.3 is 5.73 Å². The van der Waals surface area contributed by atoms with E-state index in [9.17, 15) is 4.79 Å². The lowest BCUT2D eigenvalue weighted by Gasteiger charge is -2.01. The summed E-state index contributed by atoms with van der Waals surface area (Å²) in [5.74, 6) is -0.375. The molecule has 2 N–H and O–H groups in total. The summed E-state index contributed by atoms with van der Waals surface area (Å²) in [5.41, 5.74) is 7.19. The molecular formula is C11H8BrNOS. The predicted molar refractivity (Wildman–Crippen MR) is 66.0 cm³/mol. The zero-order valence-electron chi connectivity index (χ0n) is 7.74. The molecule has 0 spiro atoms. The first-order valence-corrected chi connectivity index (χ1v) is 5.99. The molecule has 0 aliphatic rings. The highest BCUT2D eigenvalue weighted by atomic mass is 79.9. The minimum absolute atomic E-state index is 0.375. The number of hydrogen-bond acceptors (Lipinski definition) is 2. The number of rotatable bonds is 2. The molecular weight excluding hydrogens is 274 g/mol. The molecule has 1 aromatic carbocycles. The first kappa shape index (κ1) is 10.4. The monoisotopic (exact) mass is 281 g/mol. The lowest BCUT2D eigenvalue weighted by Crippen LogP contribution is -2.09. The number of primary amides is 1. The smallest absolute Gasteiger partial charge is 0.259 e. The Morgan fingerprint density at radius 1 is 1.33 bits per heavy atom. The third kappa shape index (κ3) is 2.11. The Morgan fingerprint density at radius 2 is 2.13 bits per heavy atom. The maximum Gasteiger partial charge on any atom is 0.259 e. The maximum absolute atomic E-state index is 11.2. The zero-order valence-corrected chi connectivity index (χ0v) is 10.1. The number of hydrogen-bond donors (Lipinski definition) is 1. The van der Waals surface area contributed by atoms with Gasteiger partial charge in [0.05, 0.1) is 4.88 Å². The van der Waals surface area contributed by atoms with Gasteiger partial charge in [0.25, 0.3) is 5.91 Å². The van der Waals surface area contributed by atoms with E-state index in [0.29, 0.717) is 4.88 Å². The van der Waals surface area contributed by atoms with Crippen molar-refractivity contribution in [1.82, 2.24) is 0 Å². The maximum atomic E-state index is 11.2. The van der Waals surface area contributed by atoms with Crippen molar-refractivity contribution in [2.24, 2.45) is 5.73 Å². The molecule has 15 heavy (non-hydrogen) atoms. The van der Waals surface area contributed by atoms with E-state index in [4.69, 9.17) is 5.73 Å². The second-order valence-electron chi connectivity index (χ2n) is 3.04. The van der Waals surface area contributed by atoms with Gasteiger partial charge >= 0.3 is 0 Å². The van der Waals surface area contributed by atoms with Gasteiger partial charge in [0, 0.05) is 10.0 Å². The molecule has 2 rings (SSSR count). The molecule has 4 heteroatoms. The van der Waals surface area contributed by atoms with E-state index in [-0.39, 0.29) is 5.91 Å². The molecule has 0 saturated heterocycles. The lowest BCUT2D eigenvalue weighted by atomic mass is 10.1. The Morgan fingerprint density at radius 3 is 2.80 bits per heavy atom. The molecule has 0 aliphatic heterocycles. The number of benzene rings is 1. The van der Waals surface area contributed by atoms with Crippen molar-refractivity contribution < 1.29 is 4.79 Å². The SMILES string of the molecule is NC(=O)c1sccc1-c1cccc(Br)c1. The zero-order chi connectivity index (χ0) is 10.8. The molecule has 0 bridgehead atoms. The lowest BCUT2D eigenvalue weighted by molar-refractivity contribution is 0.100. The minimum Gasteiger partial charge on any atom is -0.365 e. The van der Waals surface area contributed by atoms with Gasteiger partial charge in [-0.05, 0) is 29.1 Å². The summed E-state index contributed by atoms with van der Waals surface area (Å²) in [5, 5.41) is 1.87. The fourth-order valence-electron chi connectivity index (χ4n) is 1.38. The molecule has 0 aliphatic carbocycles. The van der Waals surface area contributed by atoms with E-state index >= 15 is 0 Å². The van der Waals surface area contributed by atoms with Gasteiger partial charge in [-0.3, -0.25) is 4.79 Å². The molecule has 1 heterocycles. The fraction of sp³-hybridized carbons (Fsp3) is 0. The summed E-state index contributed by atoms with van der Waals surface area (Å²) < 4.78 is 0.988. The van der Waals surface area contributed by atoms with Gasteiger partial charge in [-0.1, -0.05) is 28.1 Å². The van der Waals surface area contributed by atoms with Gasteiger partial charge in [-0.2, -0.15) is 0 Å². The van der Waals surface area contributed by atoms with E-state index in [1.807, 2.05) is 35.7 Å². The third-order valence-corrected chi connectivity index (χ3v) is 3.45. The second-order valence-corrected chi connectivity index (χ2v) is 4.87. The van der Waals surface area contributed by atoms with Crippen LogP contribution < -0.4 is 5.73 Å². The van der Waals surface area contributed by atoms with Gasteiger partial charge in [0.15, 0.2) is 0 Å². The Bertz CT molecular complexity index is 507. The number of thiophene rings is 1. The summed E-state index contributed by atoms with van der Waals surface area (Å²) in [6, 6.07) is 9.71. The molecule has 2 nitrogen and oxygen atoms in total. The van der Waals surface area contributed by atoms with Crippen LogP contribution in [0.25, 0.3) is 11.1 Å². The van der Waals surface area contributed by atoms with Crippen LogP contribution >= 0.6 is 27.3 Å². The molecule has 76 valence electrons. The van der Waals surface area contributed by atoms with Crippen molar-refractivity contribution >= 4 is 33.2 Å². The Balaban J connectivity index is 2.54. The first-order valence-electron chi connectivity index (χ1n) is 4.31. The molecule has 1 amide bonds. The molecule has 0 atom stereocenters. The number of halogens is 1. The predicted octanol–water partition coefficient (Wildman–Crippen LogP) is 3.28. The Kier molecular flexibility index (Phi) is 2.88. The largest absolute Gasteiger partial charge is 0.365 e. The quantitative estimate of drug-likeness (QED) is 0.902. The van der Waals surface area contributed by atoms with E-state index < -0.39 is 0 Å². The molecule has 0 radical (unpaired) electrons. The highest BCUT2D eigenvalue weighted by molar-refractivity contribution is 9.10. The van der Waals surface area contributed by atoms with Crippen LogP contribution in [-0.2, 0) is 0 Å². The fourth-order valence-corrected chi connectivity index (χ4v) is 2.55. The topological polar surface area (TPSA) is 43.1 Å². The molecule has 0 fully saturated rings. The van der Waals surface area contributed by atoms with Crippen molar-refractivity contribution in [2.45, 2.75) is 0 Å². The van der Waals surface area contributed by atoms with Crippen molar-refractivity contribution in [2.75, 3.05) is 0 Å². The van der Waals surface area contributed by atoms with Crippen LogP contribution in [-0.4, -0.2) is 5.91 Å². The van der Waals surface area contributed by atoms with Gasteiger partial charge in [-0.25, -0.2) is 0 Å². The van der Waals surface area contributed by atoms with E-state index in [1.54, 1.807) is 0 Å². The first-order chi connectivity index (χ1) is 7.18. The number of nitrogens with two attached hydrogens (primary N) is 1.